The molecular weight excluding hydrogens is 568 g/mol. The summed E-state index contributed by atoms with van der Waals surface area (Å²) in [7, 11) is 0. The molecule has 100 valence electrons. The van der Waals surface area contributed by atoms with Crippen molar-refractivity contribution in [1.29, 1.82) is 0 Å². The highest BCUT2D eigenvalue weighted by Gasteiger charge is 2.28. The number of hydrogen-bond donors (Lipinski definition) is 0. The van der Waals surface area contributed by atoms with Crippen LogP contribution < -0.4 is 0 Å². The maximum absolute atomic E-state index is 3.57. The molecule has 2 aliphatic rings. The second-order valence-corrected chi connectivity index (χ2v) is 10.4. The Bertz CT molecular complexity index is 365. The van der Waals surface area contributed by atoms with Crippen LogP contribution in [0, 0.1) is 0 Å². The van der Waals surface area contributed by atoms with Gasteiger partial charge >= 0.3 is 0 Å². The first-order chi connectivity index (χ1) is 8.73. The van der Waals surface area contributed by atoms with Crippen LogP contribution in [0.1, 0.15) is 0 Å². The van der Waals surface area contributed by atoms with Crippen LogP contribution in [0.15, 0.2) is 28.1 Å². The van der Waals surface area contributed by atoms with E-state index < -0.39 is 0 Å². The van der Waals surface area contributed by atoms with Gasteiger partial charge in [-0.2, -0.15) is 0 Å². The Balaban J connectivity index is 2.14. The molecule has 0 spiro atoms. The lowest BCUT2D eigenvalue weighted by molar-refractivity contribution is 1.63. The molecule has 0 aromatic heterocycles. The fraction of sp³-hybridized carbons (Fsp3) is 0.400. The molecule has 0 atom stereocenters. The largest absolute Gasteiger partial charge is 0.0870 e. The molecule has 0 radical (unpaired) electrons. The van der Waals surface area contributed by atoms with Crippen molar-refractivity contribution in [3.63, 3.8) is 0 Å². The second-order valence-electron chi connectivity index (χ2n) is 3.21. The Morgan fingerprint density at radius 2 is 0.722 bits per heavy atom. The van der Waals surface area contributed by atoms with E-state index in [0.717, 1.165) is 21.3 Å². The van der Waals surface area contributed by atoms with Crippen LogP contribution in [0.25, 0.3) is 0 Å². The third-order valence-corrected chi connectivity index (χ3v) is 11.7. The topological polar surface area (TPSA) is 0 Å². The summed E-state index contributed by atoms with van der Waals surface area (Å²) < 4.78 is 2.87. The van der Waals surface area contributed by atoms with Crippen LogP contribution in [0.4, 0.5) is 0 Å². The lowest BCUT2D eigenvalue weighted by Gasteiger charge is -2.01. The molecule has 0 nitrogen and oxygen atoms in total. The molecule has 0 aromatic carbocycles. The van der Waals surface area contributed by atoms with E-state index in [9.17, 15) is 0 Å². The number of hydrogen-bond acceptors (Lipinski definition) is 4. The van der Waals surface area contributed by atoms with Gasteiger partial charge in [-0.05, 0) is 0 Å². The number of rotatable bonds is 4. The van der Waals surface area contributed by atoms with E-state index in [0.29, 0.717) is 0 Å². The van der Waals surface area contributed by atoms with E-state index >= 15 is 0 Å². The summed E-state index contributed by atoms with van der Waals surface area (Å²) in [5.41, 5.74) is 0. The average Bonchev–Trinajstić information content (AvgIpc) is 3.01. The summed E-state index contributed by atoms with van der Waals surface area (Å²) in [6.45, 7) is 0. The summed E-state index contributed by atoms with van der Waals surface area (Å²) in [5, 5.41) is 3.78. The molecule has 0 aliphatic carbocycles. The number of thioether (sulfide) groups is 4. The van der Waals surface area contributed by atoms with Crippen LogP contribution in [-0.4, -0.2) is 21.3 Å². The summed E-state index contributed by atoms with van der Waals surface area (Å²) in [4.78, 5) is 5.75. The highest BCUT2D eigenvalue weighted by atomic mass is 79.9. The van der Waals surface area contributed by atoms with E-state index in [4.69, 9.17) is 0 Å². The standard InChI is InChI=1S/C10H8Br4S4/c11-1-5-6(2-12)16-9(15-5)10-17-7(3-13)8(4-14)18-10/h1-4H2. The molecular formula is C10H8Br4S4. The lowest BCUT2D eigenvalue weighted by Crippen LogP contribution is -1.79. The van der Waals surface area contributed by atoms with Gasteiger partial charge in [-0.25, -0.2) is 0 Å². The zero-order valence-electron chi connectivity index (χ0n) is 8.97. The minimum absolute atomic E-state index is 0.946. The molecule has 18 heavy (non-hydrogen) atoms. The maximum Gasteiger partial charge on any atom is 0.0700 e. The molecule has 0 amide bonds. The SMILES string of the molecule is BrCC1=C(CBr)SC(=C2SC(CBr)=C(CBr)S2)S1. The van der Waals surface area contributed by atoms with E-state index in [1.165, 1.54) is 28.1 Å². The molecule has 2 heterocycles. The van der Waals surface area contributed by atoms with E-state index in [2.05, 4.69) is 63.7 Å². The number of halogens is 4. The van der Waals surface area contributed by atoms with Crippen molar-refractivity contribution in [2.45, 2.75) is 0 Å². The molecule has 0 saturated heterocycles. The summed E-state index contributed by atoms with van der Waals surface area (Å²) in [6, 6.07) is 0. The smallest absolute Gasteiger partial charge is 0.0700 e. The van der Waals surface area contributed by atoms with Gasteiger partial charge in [0.2, 0.25) is 0 Å². The highest BCUT2D eigenvalue weighted by Crippen LogP contribution is 2.60. The van der Waals surface area contributed by atoms with Gasteiger partial charge in [0.15, 0.2) is 0 Å². The van der Waals surface area contributed by atoms with Crippen molar-refractivity contribution in [2.24, 2.45) is 0 Å². The van der Waals surface area contributed by atoms with Gasteiger partial charge in [-0.1, -0.05) is 111 Å². The van der Waals surface area contributed by atoms with Crippen molar-refractivity contribution in [3.8, 4) is 0 Å². The predicted octanol–water partition coefficient (Wildman–Crippen LogP) is 7.08. The molecule has 0 unspecified atom stereocenters. The Hall–Kier alpha value is 2.54. The Labute approximate surface area is 158 Å². The van der Waals surface area contributed by atoms with E-state index in [1.54, 1.807) is 0 Å². The van der Waals surface area contributed by atoms with Crippen LogP contribution in [-0.2, 0) is 0 Å². The van der Waals surface area contributed by atoms with Crippen molar-refractivity contribution in [1.82, 2.24) is 0 Å². The lowest BCUT2D eigenvalue weighted by atomic mass is 10.6. The molecule has 8 heteroatoms. The maximum atomic E-state index is 3.57. The van der Waals surface area contributed by atoms with Crippen LogP contribution >= 0.6 is 111 Å². The first kappa shape index (κ1) is 16.9. The van der Waals surface area contributed by atoms with Gasteiger partial charge in [0.1, 0.15) is 0 Å². The zero-order chi connectivity index (χ0) is 13.1. The molecule has 0 aromatic rings. The number of allylic oxidation sites excluding steroid dienone is 4. The monoisotopic (exact) mass is 572 g/mol. The van der Waals surface area contributed by atoms with Gasteiger partial charge in [0.25, 0.3) is 0 Å². The van der Waals surface area contributed by atoms with Crippen molar-refractivity contribution in [3.05, 3.63) is 28.1 Å². The van der Waals surface area contributed by atoms with Gasteiger partial charge < -0.3 is 0 Å². The van der Waals surface area contributed by atoms with Crippen LogP contribution in [0.2, 0.25) is 0 Å². The molecule has 0 saturated carbocycles. The van der Waals surface area contributed by atoms with E-state index in [-0.39, 0.29) is 0 Å². The Morgan fingerprint density at radius 3 is 0.889 bits per heavy atom. The minimum atomic E-state index is 0.946. The highest BCUT2D eigenvalue weighted by molar-refractivity contribution is 9.10. The fourth-order valence-corrected chi connectivity index (χ4v) is 9.99. The fourth-order valence-electron chi connectivity index (χ4n) is 1.29. The first-order valence-electron chi connectivity index (χ1n) is 4.87. The van der Waals surface area contributed by atoms with Gasteiger partial charge in [-0.15, -0.1) is 0 Å². The molecule has 2 rings (SSSR count). The zero-order valence-corrected chi connectivity index (χ0v) is 18.6. The molecule has 0 fully saturated rings. The summed E-state index contributed by atoms with van der Waals surface area (Å²) >= 11 is 21.9. The quantitative estimate of drug-likeness (QED) is 0.329. The molecule has 0 N–H and O–H groups in total. The average molecular weight is 576 g/mol. The third kappa shape index (κ3) is 3.84. The van der Waals surface area contributed by atoms with Crippen molar-refractivity contribution < 1.29 is 0 Å². The molecule has 2 aliphatic heterocycles. The molecule has 0 bridgehead atoms. The summed E-state index contributed by atoms with van der Waals surface area (Å²) in [5.74, 6) is 0. The van der Waals surface area contributed by atoms with Crippen molar-refractivity contribution in [2.75, 3.05) is 21.3 Å². The normalized spacial score (nSPS) is 20.7. The van der Waals surface area contributed by atoms with Crippen molar-refractivity contribution >= 4 is 111 Å². The van der Waals surface area contributed by atoms with Crippen LogP contribution in [0.5, 0.6) is 0 Å². The predicted molar refractivity (Wildman–Crippen MR) is 107 cm³/mol. The second kappa shape index (κ2) is 8.25. The first-order valence-corrected chi connectivity index (χ1v) is 12.6. The number of alkyl halides is 4. The Kier molecular flexibility index (Phi) is 7.74. The van der Waals surface area contributed by atoms with Gasteiger partial charge in [-0.3, -0.25) is 0 Å². The minimum Gasteiger partial charge on any atom is -0.0870 e. The van der Waals surface area contributed by atoms with Gasteiger partial charge in [0.05, 0.1) is 8.47 Å². The van der Waals surface area contributed by atoms with Gasteiger partial charge in [0, 0.05) is 40.9 Å². The third-order valence-electron chi connectivity index (χ3n) is 2.14. The van der Waals surface area contributed by atoms with Crippen LogP contribution in [0.3, 0.4) is 0 Å². The Morgan fingerprint density at radius 1 is 0.500 bits per heavy atom. The van der Waals surface area contributed by atoms with E-state index in [1.807, 2.05) is 47.0 Å². The summed E-state index contributed by atoms with van der Waals surface area (Å²) in [6.07, 6.45) is 0.